The van der Waals surface area contributed by atoms with Crippen LogP contribution in [0.4, 0.5) is 0 Å². The Morgan fingerprint density at radius 2 is 1.65 bits per heavy atom. The van der Waals surface area contributed by atoms with Crippen LogP contribution < -0.4 is 10.6 Å². The number of rotatable bonds is 5. The van der Waals surface area contributed by atoms with Gasteiger partial charge in [0.15, 0.2) is 0 Å². The summed E-state index contributed by atoms with van der Waals surface area (Å²) in [5.41, 5.74) is 0. The second-order valence-corrected chi connectivity index (χ2v) is 6.17. The van der Waals surface area contributed by atoms with E-state index >= 15 is 0 Å². The van der Waals surface area contributed by atoms with E-state index in [-0.39, 0.29) is 0 Å². The van der Waals surface area contributed by atoms with Crippen molar-refractivity contribution in [2.24, 2.45) is 17.8 Å². The maximum absolute atomic E-state index is 3.72. The lowest BCUT2D eigenvalue weighted by Crippen LogP contribution is -2.37. The van der Waals surface area contributed by atoms with Crippen LogP contribution in [0.3, 0.4) is 0 Å². The Hall–Kier alpha value is -0.0800. The molecule has 2 heteroatoms. The van der Waals surface area contributed by atoms with E-state index < -0.39 is 0 Å². The van der Waals surface area contributed by atoms with Crippen LogP contribution in [0.15, 0.2) is 0 Å². The Bertz CT molecular complexity index is 191. The molecule has 0 aromatic heterocycles. The summed E-state index contributed by atoms with van der Waals surface area (Å²) in [6.45, 7) is 7.32. The molecule has 17 heavy (non-hydrogen) atoms. The predicted octanol–water partition coefficient (Wildman–Crippen LogP) is 2.79. The number of hydrogen-bond donors (Lipinski definition) is 2. The van der Waals surface area contributed by atoms with E-state index in [1.807, 2.05) is 0 Å². The molecule has 0 amide bonds. The number of hydrogen-bond acceptors (Lipinski definition) is 2. The van der Waals surface area contributed by atoms with Crippen LogP contribution in [0.1, 0.15) is 51.9 Å². The smallest absolute Gasteiger partial charge is 0.000826 e. The van der Waals surface area contributed by atoms with E-state index in [2.05, 4.69) is 17.6 Å². The largest absolute Gasteiger partial charge is 0.316 e. The third-order valence-corrected chi connectivity index (χ3v) is 4.81. The van der Waals surface area contributed by atoms with Crippen molar-refractivity contribution in [2.45, 2.75) is 51.9 Å². The second kappa shape index (κ2) is 7.38. The van der Waals surface area contributed by atoms with Crippen molar-refractivity contribution < 1.29 is 0 Å². The van der Waals surface area contributed by atoms with Gasteiger partial charge in [-0.1, -0.05) is 26.2 Å². The summed E-state index contributed by atoms with van der Waals surface area (Å²) in [4.78, 5) is 0. The zero-order chi connectivity index (χ0) is 11.9. The molecule has 1 aliphatic carbocycles. The van der Waals surface area contributed by atoms with Crippen LogP contribution in [0.5, 0.6) is 0 Å². The van der Waals surface area contributed by atoms with Gasteiger partial charge in [-0.15, -0.1) is 0 Å². The Balaban J connectivity index is 1.53. The zero-order valence-electron chi connectivity index (χ0n) is 11.5. The van der Waals surface area contributed by atoms with E-state index in [0.717, 1.165) is 17.8 Å². The molecule has 1 saturated carbocycles. The van der Waals surface area contributed by atoms with Gasteiger partial charge in [0, 0.05) is 0 Å². The monoisotopic (exact) mass is 238 g/mol. The fraction of sp³-hybridized carbons (Fsp3) is 1.00. The summed E-state index contributed by atoms with van der Waals surface area (Å²) in [5.74, 6) is 2.89. The zero-order valence-corrected chi connectivity index (χ0v) is 11.5. The molecule has 1 aliphatic heterocycles. The van der Waals surface area contributed by atoms with Crippen molar-refractivity contribution >= 4 is 0 Å². The van der Waals surface area contributed by atoms with E-state index in [4.69, 9.17) is 0 Å². The van der Waals surface area contributed by atoms with Crippen molar-refractivity contribution in [1.29, 1.82) is 0 Å². The Kier molecular flexibility index (Phi) is 5.79. The molecule has 2 aliphatic rings. The third kappa shape index (κ3) is 4.59. The summed E-state index contributed by atoms with van der Waals surface area (Å²) in [7, 11) is 0. The highest BCUT2D eigenvalue weighted by atomic mass is 14.9. The Morgan fingerprint density at radius 3 is 2.29 bits per heavy atom. The first kappa shape index (κ1) is 13.4. The van der Waals surface area contributed by atoms with Gasteiger partial charge >= 0.3 is 0 Å². The molecule has 0 bridgehead atoms. The maximum Gasteiger partial charge on any atom is -0.000826 e. The first-order valence-corrected chi connectivity index (χ1v) is 7.80. The summed E-state index contributed by atoms with van der Waals surface area (Å²) >= 11 is 0. The molecule has 1 saturated heterocycles. The molecule has 0 radical (unpaired) electrons. The van der Waals surface area contributed by atoms with Crippen molar-refractivity contribution in [1.82, 2.24) is 10.6 Å². The fourth-order valence-corrected chi connectivity index (χ4v) is 3.43. The van der Waals surface area contributed by atoms with Crippen LogP contribution in [-0.4, -0.2) is 26.2 Å². The second-order valence-electron chi connectivity index (χ2n) is 6.17. The van der Waals surface area contributed by atoms with Gasteiger partial charge in [0.25, 0.3) is 0 Å². The Morgan fingerprint density at radius 1 is 0.941 bits per heavy atom. The lowest BCUT2D eigenvalue weighted by molar-refractivity contribution is 0.256. The average Bonchev–Trinajstić information content (AvgIpc) is 2.41. The molecule has 0 aromatic carbocycles. The van der Waals surface area contributed by atoms with Gasteiger partial charge in [-0.3, -0.25) is 0 Å². The quantitative estimate of drug-likeness (QED) is 0.769. The number of nitrogens with one attached hydrogen (secondary N) is 2. The first-order valence-electron chi connectivity index (χ1n) is 7.80. The molecule has 2 N–H and O–H groups in total. The maximum atomic E-state index is 3.72. The van der Waals surface area contributed by atoms with Crippen LogP contribution in [-0.2, 0) is 0 Å². The van der Waals surface area contributed by atoms with E-state index in [9.17, 15) is 0 Å². The van der Waals surface area contributed by atoms with Crippen molar-refractivity contribution in [3.05, 3.63) is 0 Å². The molecule has 0 spiro atoms. The van der Waals surface area contributed by atoms with Crippen molar-refractivity contribution in [3.63, 3.8) is 0 Å². The predicted molar refractivity (Wildman–Crippen MR) is 74.2 cm³/mol. The lowest BCUT2D eigenvalue weighted by atomic mass is 9.81. The van der Waals surface area contributed by atoms with Gasteiger partial charge in [-0.2, -0.15) is 0 Å². The molecular weight excluding hydrogens is 208 g/mol. The van der Waals surface area contributed by atoms with Gasteiger partial charge in [0.2, 0.25) is 0 Å². The minimum Gasteiger partial charge on any atom is -0.316 e. The normalized spacial score (nSPS) is 34.8. The summed E-state index contributed by atoms with van der Waals surface area (Å²) in [6, 6.07) is 0. The van der Waals surface area contributed by atoms with Crippen molar-refractivity contribution in [3.8, 4) is 0 Å². The molecular formula is C15H30N2. The van der Waals surface area contributed by atoms with E-state index in [1.54, 1.807) is 0 Å². The SMILES string of the molecule is CCC1CCC(CNCC2CCCNC2)CC1. The van der Waals surface area contributed by atoms with Gasteiger partial charge in [-0.25, -0.2) is 0 Å². The highest BCUT2D eigenvalue weighted by Gasteiger charge is 2.20. The van der Waals surface area contributed by atoms with Gasteiger partial charge in [0.1, 0.15) is 0 Å². The van der Waals surface area contributed by atoms with Crippen LogP contribution in [0, 0.1) is 17.8 Å². The number of piperidine rings is 1. The molecule has 2 fully saturated rings. The molecule has 2 nitrogen and oxygen atoms in total. The van der Waals surface area contributed by atoms with Gasteiger partial charge in [-0.05, 0) is 69.6 Å². The minimum atomic E-state index is 0.885. The topological polar surface area (TPSA) is 24.1 Å². The molecule has 2 rings (SSSR count). The van der Waals surface area contributed by atoms with Crippen LogP contribution in [0.25, 0.3) is 0 Å². The third-order valence-electron chi connectivity index (χ3n) is 4.81. The summed E-state index contributed by atoms with van der Waals surface area (Å²) in [5, 5.41) is 7.21. The fourth-order valence-electron chi connectivity index (χ4n) is 3.43. The highest BCUT2D eigenvalue weighted by molar-refractivity contribution is 4.75. The van der Waals surface area contributed by atoms with E-state index in [0.29, 0.717) is 0 Å². The Labute approximate surface area is 107 Å². The van der Waals surface area contributed by atoms with Gasteiger partial charge in [0.05, 0.1) is 0 Å². The molecule has 1 heterocycles. The standard InChI is InChI=1S/C15H30N2/c1-2-13-5-7-14(8-6-13)10-17-12-15-4-3-9-16-11-15/h13-17H,2-12H2,1H3. The van der Waals surface area contributed by atoms with Crippen molar-refractivity contribution in [2.75, 3.05) is 26.2 Å². The highest BCUT2D eigenvalue weighted by Crippen LogP contribution is 2.30. The molecule has 1 atom stereocenters. The first-order chi connectivity index (χ1) is 8.38. The van der Waals surface area contributed by atoms with E-state index in [1.165, 1.54) is 71.1 Å². The average molecular weight is 238 g/mol. The lowest BCUT2D eigenvalue weighted by Gasteiger charge is -2.29. The molecule has 0 aromatic rings. The molecule has 100 valence electrons. The summed E-state index contributed by atoms with van der Waals surface area (Å²) in [6.07, 6.45) is 10.1. The minimum absolute atomic E-state index is 0.885. The summed E-state index contributed by atoms with van der Waals surface area (Å²) < 4.78 is 0. The van der Waals surface area contributed by atoms with Crippen LogP contribution >= 0.6 is 0 Å². The van der Waals surface area contributed by atoms with Crippen LogP contribution in [0.2, 0.25) is 0 Å². The van der Waals surface area contributed by atoms with Gasteiger partial charge < -0.3 is 10.6 Å². The molecule has 1 unspecified atom stereocenters.